The molecule has 0 spiro atoms. The fourth-order valence-electron chi connectivity index (χ4n) is 1.13. The smallest absolute Gasteiger partial charge is 0.303 e. The molecule has 5 nitrogen and oxygen atoms in total. The van der Waals surface area contributed by atoms with Gasteiger partial charge in [0.2, 0.25) is 0 Å². The Kier molecular flexibility index (Phi) is 3.00. The van der Waals surface area contributed by atoms with Crippen LogP contribution in [0.3, 0.4) is 0 Å². The summed E-state index contributed by atoms with van der Waals surface area (Å²) in [5, 5.41) is 18.9. The van der Waals surface area contributed by atoms with Gasteiger partial charge in [-0.3, -0.25) is 4.79 Å². The third kappa shape index (κ3) is 2.54. The van der Waals surface area contributed by atoms with Crippen LogP contribution < -0.4 is 0 Å². The highest BCUT2D eigenvalue weighted by atomic mass is 16.4. The van der Waals surface area contributed by atoms with Crippen LogP contribution in [0.1, 0.15) is 37.6 Å². The van der Waals surface area contributed by atoms with Crippen LogP contribution in [0.15, 0.2) is 0 Å². The highest BCUT2D eigenvalue weighted by Gasteiger charge is 2.12. The lowest BCUT2D eigenvalue weighted by molar-refractivity contribution is -0.136. The third-order valence-electron chi connectivity index (χ3n) is 1.77. The van der Waals surface area contributed by atoms with Crippen LogP contribution in [0, 0.1) is 0 Å². The minimum atomic E-state index is -0.808. The van der Waals surface area contributed by atoms with Crippen LogP contribution in [-0.4, -0.2) is 26.5 Å². The van der Waals surface area contributed by atoms with Gasteiger partial charge >= 0.3 is 5.97 Å². The van der Waals surface area contributed by atoms with Crippen LogP contribution in [0.4, 0.5) is 0 Å². The number of aromatic nitrogens is 3. The SMILES string of the molecule is CC(C)c1n[nH]nc1CCC(=O)O. The molecular weight excluding hydrogens is 170 g/mol. The van der Waals surface area contributed by atoms with Crippen molar-refractivity contribution in [2.45, 2.75) is 32.6 Å². The summed E-state index contributed by atoms with van der Waals surface area (Å²) in [4.78, 5) is 10.3. The number of hydrogen-bond donors (Lipinski definition) is 2. The number of hydrogen-bond acceptors (Lipinski definition) is 3. The van der Waals surface area contributed by atoms with Gasteiger partial charge < -0.3 is 5.11 Å². The Morgan fingerprint density at radius 1 is 1.54 bits per heavy atom. The van der Waals surface area contributed by atoms with Crippen molar-refractivity contribution in [3.63, 3.8) is 0 Å². The number of H-pyrrole nitrogens is 1. The number of aryl methyl sites for hydroxylation is 1. The zero-order chi connectivity index (χ0) is 9.84. The lowest BCUT2D eigenvalue weighted by Gasteiger charge is -2.01. The van der Waals surface area contributed by atoms with Gasteiger partial charge in [0.25, 0.3) is 0 Å². The van der Waals surface area contributed by atoms with E-state index in [2.05, 4.69) is 15.4 Å². The van der Waals surface area contributed by atoms with Crippen molar-refractivity contribution < 1.29 is 9.90 Å². The molecule has 1 aromatic heterocycles. The van der Waals surface area contributed by atoms with Gasteiger partial charge in [0.05, 0.1) is 17.8 Å². The zero-order valence-electron chi connectivity index (χ0n) is 7.74. The molecule has 0 saturated heterocycles. The van der Waals surface area contributed by atoms with Gasteiger partial charge in [-0.2, -0.15) is 15.4 Å². The molecule has 13 heavy (non-hydrogen) atoms. The second-order valence-corrected chi connectivity index (χ2v) is 3.20. The highest BCUT2D eigenvalue weighted by Crippen LogP contribution is 2.15. The van der Waals surface area contributed by atoms with Crippen molar-refractivity contribution in [3.8, 4) is 0 Å². The average molecular weight is 183 g/mol. The van der Waals surface area contributed by atoms with Gasteiger partial charge in [0, 0.05) is 6.42 Å². The Bertz CT molecular complexity index is 293. The summed E-state index contributed by atoms with van der Waals surface area (Å²) in [6.45, 7) is 4.00. The second-order valence-electron chi connectivity index (χ2n) is 3.20. The number of nitrogens with one attached hydrogen (secondary N) is 1. The van der Waals surface area contributed by atoms with Crippen molar-refractivity contribution in [1.82, 2.24) is 15.4 Å². The third-order valence-corrected chi connectivity index (χ3v) is 1.77. The Hall–Kier alpha value is -1.39. The topological polar surface area (TPSA) is 78.9 Å². The van der Waals surface area contributed by atoms with E-state index in [1.165, 1.54) is 0 Å². The van der Waals surface area contributed by atoms with Gasteiger partial charge in [-0.25, -0.2) is 0 Å². The molecule has 0 saturated carbocycles. The van der Waals surface area contributed by atoms with E-state index in [1.54, 1.807) is 0 Å². The Morgan fingerprint density at radius 2 is 2.23 bits per heavy atom. The number of carboxylic acid groups (broad SMARTS) is 1. The fourth-order valence-corrected chi connectivity index (χ4v) is 1.13. The van der Waals surface area contributed by atoms with Crippen LogP contribution in [0.2, 0.25) is 0 Å². The molecule has 0 aliphatic heterocycles. The monoisotopic (exact) mass is 183 g/mol. The molecule has 1 rings (SSSR count). The second kappa shape index (κ2) is 4.02. The van der Waals surface area contributed by atoms with Gasteiger partial charge in [-0.1, -0.05) is 13.8 Å². The number of rotatable bonds is 4. The van der Waals surface area contributed by atoms with Crippen molar-refractivity contribution >= 4 is 5.97 Å². The van der Waals surface area contributed by atoms with Gasteiger partial charge in [-0.05, 0) is 5.92 Å². The summed E-state index contributed by atoms with van der Waals surface area (Å²) >= 11 is 0. The summed E-state index contributed by atoms with van der Waals surface area (Å²) in [5.74, 6) is -0.528. The molecule has 0 aliphatic carbocycles. The standard InChI is InChI=1S/C8H13N3O2/c1-5(2)8-6(9-11-10-8)3-4-7(12)13/h5H,3-4H2,1-2H3,(H,12,13)(H,9,10,11). The summed E-state index contributed by atoms with van der Waals surface area (Å²) < 4.78 is 0. The maximum atomic E-state index is 10.3. The number of carboxylic acids is 1. The van der Waals surface area contributed by atoms with E-state index in [4.69, 9.17) is 5.11 Å². The van der Waals surface area contributed by atoms with Crippen molar-refractivity contribution in [2.75, 3.05) is 0 Å². The van der Waals surface area contributed by atoms with E-state index < -0.39 is 5.97 Å². The molecule has 0 aliphatic rings. The van der Waals surface area contributed by atoms with Gasteiger partial charge in [-0.15, -0.1) is 0 Å². The molecule has 0 fully saturated rings. The molecule has 0 unspecified atom stereocenters. The largest absolute Gasteiger partial charge is 0.481 e. The summed E-state index contributed by atoms with van der Waals surface area (Å²) in [5.41, 5.74) is 1.62. The van der Waals surface area contributed by atoms with E-state index in [0.717, 1.165) is 11.4 Å². The minimum absolute atomic E-state index is 0.103. The van der Waals surface area contributed by atoms with Crippen LogP contribution in [0.25, 0.3) is 0 Å². The normalized spacial score (nSPS) is 10.7. The molecule has 5 heteroatoms. The Morgan fingerprint density at radius 3 is 2.77 bits per heavy atom. The Balaban J connectivity index is 2.65. The van der Waals surface area contributed by atoms with Crippen LogP contribution in [-0.2, 0) is 11.2 Å². The van der Waals surface area contributed by atoms with Crippen molar-refractivity contribution in [1.29, 1.82) is 0 Å². The zero-order valence-corrected chi connectivity index (χ0v) is 7.74. The number of aromatic amines is 1. The average Bonchev–Trinajstić information content (AvgIpc) is 2.47. The quantitative estimate of drug-likeness (QED) is 0.728. The van der Waals surface area contributed by atoms with E-state index in [1.807, 2.05) is 13.8 Å². The molecular formula is C8H13N3O2. The molecule has 72 valence electrons. The maximum Gasteiger partial charge on any atom is 0.303 e. The van der Waals surface area contributed by atoms with Crippen molar-refractivity contribution in [3.05, 3.63) is 11.4 Å². The molecule has 0 amide bonds. The first-order chi connectivity index (χ1) is 6.11. The summed E-state index contributed by atoms with van der Waals surface area (Å²) in [7, 11) is 0. The molecule has 1 aromatic rings. The molecule has 0 atom stereocenters. The number of nitrogens with zero attached hydrogens (tertiary/aromatic N) is 2. The van der Waals surface area contributed by atoms with Crippen LogP contribution in [0.5, 0.6) is 0 Å². The molecule has 1 heterocycles. The molecule has 0 radical (unpaired) electrons. The van der Waals surface area contributed by atoms with Gasteiger partial charge in [0.15, 0.2) is 0 Å². The van der Waals surface area contributed by atoms with E-state index in [0.29, 0.717) is 6.42 Å². The summed E-state index contributed by atoms with van der Waals surface area (Å²) in [6.07, 6.45) is 0.547. The molecule has 2 N–H and O–H groups in total. The van der Waals surface area contributed by atoms with E-state index in [-0.39, 0.29) is 12.3 Å². The molecule has 0 aromatic carbocycles. The number of aliphatic carboxylic acids is 1. The first-order valence-electron chi connectivity index (χ1n) is 4.22. The first kappa shape index (κ1) is 9.70. The highest BCUT2D eigenvalue weighted by molar-refractivity contribution is 5.67. The Labute approximate surface area is 76.2 Å². The van der Waals surface area contributed by atoms with Crippen molar-refractivity contribution in [2.24, 2.45) is 0 Å². The minimum Gasteiger partial charge on any atom is -0.481 e. The van der Waals surface area contributed by atoms with E-state index >= 15 is 0 Å². The lowest BCUT2D eigenvalue weighted by Crippen LogP contribution is -2.01. The number of carbonyl (C=O) groups is 1. The maximum absolute atomic E-state index is 10.3. The summed E-state index contributed by atoms with van der Waals surface area (Å²) in [6, 6.07) is 0. The first-order valence-corrected chi connectivity index (χ1v) is 4.22. The predicted octanol–water partition coefficient (Wildman–Crippen LogP) is 0.945. The fraction of sp³-hybridized carbons (Fsp3) is 0.625. The lowest BCUT2D eigenvalue weighted by atomic mass is 10.1. The predicted molar refractivity (Wildman–Crippen MR) is 46.4 cm³/mol. The van der Waals surface area contributed by atoms with Gasteiger partial charge in [0.1, 0.15) is 0 Å². The van der Waals surface area contributed by atoms with Crippen LogP contribution >= 0.6 is 0 Å². The van der Waals surface area contributed by atoms with E-state index in [9.17, 15) is 4.79 Å². The molecule has 0 bridgehead atoms.